The van der Waals surface area contributed by atoms with Gasteiger partial charge in [0, 0.05) is 37.3 Å². The van der Waals surface area contributed by atoms with Crippen molar-refractivity contribution in [2.45, 2.75) is 13.8 Å². The SMILES string of the molecule is CC(=O)c1ccc(N2CCN(C(=O)c3ccc(-c4ccccc4)nc3C)CC2)c(F)c1. The number of aromatic nitrogens is 1. The number of piperazine rings is 1. The lowest BCUT2D eigenvalue weighted by molar-refractivity contribution is 0.0745. The van der Waals surface area contributed by atoms with Crippen LogP contribution in [0.2, 0.25) is 0 Å². The third-order valence-corrected chi connectivity index (χ3v) is 5.65. The number of ketones is 1. The van der Waals surface area contributed by atoms with E-state index in [1.54, 1.807) is 17.0 Å². The van der Waals surface area contributed by atoms with Gasteiger partial charge in [-0.15, -0.1) is 0 Å². The van der Waals surface area contributed by atoms with Gasteiger partial charge in [-0.2, -0.15) is 0 Å². The normalized spacial score (nSPS) is 13.9. The zero-order valence-corrected chi connectivity index (χ0v) is 17.6. The summed E-state index contributed by atoms with van der Waals surface area (Å²) < 4.78 is 14.5. The number of rotatable bonds is 4. The fourth-order valence-corrected chi connectivity index (χ4v) is 3.86. The molecule has 0 saturated carbocycles. The monoisotopic (exact) mass is 417 g/mol. The van der Waals surface area contributed by atoms with Gasteiger partial charge in [-0.25, -0.2) is 4.39 Å². The largest absolute Gasteiger partial charge is 0.366 e. The molecule has 0 spiro atoms. The maximum Gasteiger partial charge on any atom is 0.255 e. The summed E-state index contributed by atoms with van der Waals surface area (Å²) in [5.74, 6) is -0.635. The second-order valence-electron chi connectivity index (χ2n) is 7.70. The van der Waals surface area contributed by atoms with Crippen molar-refractivity contribution >= 4 is 17.4 Å². The number of pyridine rings is 1. The molecule has 0 bridgehead atoms. The lowest BCUT2D eigenvalue weighted by Gasteiger charge is -2.36. The summed E-state index contributed by atoms with van der Waals surface area (Å²) in [6.07, 6.45) is 0. The Morgan fingerprint density at radius 1 is 0.935 bits per heavy atom. The number of amides is 1. The average molecular weight is 417 g/mol. The van der Waals surface area contributed by atoms with Crippen molar-refractivity contribution in [2.75, 3.05) is 31.1 Å². The molecular formula is C25H24FN3O2. The Hall–Kier alpha value is -3.54. The molecule has 6 heteroatoms. The average Bonchev–Trinajstić information content (AvgIpc) is 2.79. The van der Waals surface area contributed by atoms with Crippen molar-refractivity contribution in [3.05, 3.63) is 83.3 Å². The molecule has 0 aliphatic carbocycles. The number of carbonyl (C=O) groups is 2. The second kappa shape index (κ2) is 8.68. The van der Waals surface area contributed by atoms with Gasteiger partial charge in [-0.1, -0.05) is 30.3 Å². The Kier molecular flexibility index (Phi) is 5.80. The van der Waals surface area contributed by atoms with E-state index in [9.17, 15) is 14.0 Å². The molecule has 4 rings (SSSR count). The third-order valence-electron chi connectivity index (χ3n) is 5.65. The van der Waals surface area contributed by atoms with Crippen molar-refractivity contribution in [1.82, 2.24) is 9.88 Å². The molecular weight excluding hydrogens is 393 g/mol. The molecule has 1 aliphatic heterocycles. The van der Waals surface area contributed by atoms with Crippen molar-refractivity contribution < 1.29 is 14.0 Å². The van der Waals surface area contributed by atoms with Gasteiger partial charge in [0.05, 0.1) is 22.6 Å². The number of Topliss-reactive ketones (excluding diaryl/α,β-unsaturated/α-hetero) is 1. The highest BCUT2D eigenvalue weighted by Gasteiger charge is 2.25. The lowest BCUT2D eigenvalue weighted by atomic mass is 10.1. The lowest BCUT2D eigenvalue weighted by Crippen LogP contribution is -2.49. The molecule has 1 amide bonds. The van der Waals surface area contributed by atoms with Gasteiger partial charge >= 0.3 is 0 Å². The predicted molar refractivity (Wildman–Crippen MR) is 119 cm³/mol. The van der Waals surface area contributed by atoms with E-state index in [1.165, 1.54) is 13.0 Å². The van der Waals surface area contributed by atoms with Crippen molar-refractivity contribution in [1.29, 1.82) is 0 Å². The Labute approximate surface area is 181 Å². The van der Waals surface area contributed by atoms with E-state index < -0.39 is 5.82 Å². The molecule has 158 valence electrons. The summed E-state index contributed by atoms with van der Waals surface area (Å²) in [4.78, 5) is 32.8. The van der Waals surface area contributed by atoms with Crippen LogP contribution in [-0.4, -0.2) is 47.8 Å². The maximum atomic E-state index is 14.5. The molecule has 5 nitrogen and oxygen atoms in total. The predicted octanol–water partition coefficient (Wildman–Crippen LogP) is 4.36. The molecule has 0 atom stereocenters. The quantitative estimate of drug-likeness (QED) is 0.592. The number of halogens is 1. The fraction of sp³-hybridized carbons (Fsp3) is 0.240. The van der Waals surface area contributed by atoms with Gasteiger partial charge in [0.25, 0.3) is 5.91 Å². The van der Waals surface area contributed by atoms with Crippen LogP contribution in [0.1, 0.15) is 33.3 Å². The van der Waals surface area contributed by atoms with E-state index in [0.717, 1.165) is 11.3 Å². The van der Waals surface area contributed by atoms with Crippen LogP contribution in [0.5, 0.6) is 0 Å². The first-order valence-corrected chi connectivity index (χ1v) is 10.3. The molecule has 2 aromatic carbocycles. The number of aryl methyl sites for hydroxylation is 1. The highest BCUT2D eigenvalue weighted by atomic mass is 19.1. The van der Waals surface area contributed by atoms with Crippen LogP contribution in [0.4, 0.5) is 10.1 Å². The van der Waals surface area contributed by atoms with E-state index in [0.29, 0.717) is 48.7 Å². The molecule has 1 saturated heterocycles. The minimum atomic E-state index is -0.413. The number of benzene rings is 2. The van der Waals surface area contributed by atoms with E-state index in [2.05, 4.69) is 4.98 Å². The number of hydrogen-bond acceptors (Lipinski definition) is 4. The van der Waals surface area contributed by atoms with Gasteiger partial charge in [0.2, 0.25) is 0 Å². The van der Waals surface area contributed by atoms with E-state index in [1.807, 2.05) is 54.3 Å². The fourth-order valence-electron chi connectivity index (χ4n) is 3.86. The Morgan fingerprint density at radius 3 is 2.26 bits per heavy atom. The Bertz CT molecular complexity index is 1120. The number of nitrogens with zero attached hydrogens (tertiary/aromatic N) is 3. The van der Waals surface area contributed by atoms with Crippen LogP contribution >= 0.6 is 0 Å². The topological polar surface area (TPSA) is 53.5 Å². The molecule has 1 aromatic heterocycles. The van der Waals surface area contributed by atoms with E-state index in [4.69, 9.17) is 0 Å². The third kappa shape index (κ3) is 4.33. The number of anilines is 1. The standard InChI is InChI=1S/C25H24FN3O2/c1-17-21(9-10-23(27-17)19-6-4-3-5-7-19)25(31)29-14-12-28(13-15-29)24-11-8-20(18(2)30)16-22(24)26/h3-11,16H,12-15H2,1-2H3. The van der Waals surface area contributed by atoms with Crippen LogP contribution < -0.4 is 4.90 Å². The van der Waals surface area contributed by atoms with E-state index >= 15 is 0 Å². The zero-order valence-electron chi connectivity index (χ0n) is 17.6. The number of hydrogen-bond donors (Lipinski definition) is 0. The highest BCUT2D eigenvalue weighted by molar-refractivity contribution is 5.96. The summed E-state index contributed by atoms with van der Waals surface area (Å²) in [6, 6.07) is 18.1. The van der Waals surface area contributed by atoms with Crippen LogP contribution in [0, 0.1) is 12.7 Å². The minimum absolute atomic E-state index is 0.0586. The van der Waals surface area contributed by atoms with Crippen molar-refractivity contribution in [2.24, 2.45) is 0 Å². The van der Waals surface area contributed by atoms with Crippen LogP contribution in [0.3, 0.4) is 0 Å². The molecule has 1 aliphatic rings. The summed E-state index contributed by atoms with van der Waals surface area (Å²) in [7, 11) is 0. The first kappa shape index (κ1) is 20.7. The molecule has 2 heterocycles. The van der Waals surface area contributed by atoms with Crippen LogP contribution in [0.25, 0.3) is 11.3 Å². The van der Waals surface area contributed by atoms with Crippen molar-refractivity contribution in [3.63, 3.8) is 0 Å². The molecule has 3 aromatic rings. The minimum Gasteiger partial charge on any atom is -0.366 e. The van der Waals surface area contributed by atoms with E-state index in [-0.39, 0.29) is 11.7 Å². The zero-order chi connectivity index (χ0) is 22.0. The van der Waals surface area contributed by atoms with Gasteiger partial charge in [-0.3, -0.25) is 14.6 Å². The Balaban J connectivity index is 1.44. The summed E-state index contributed by atoms with van der Waals surface area (Å²) in [5.41, 5.74) is 3.95. The van der Waals surface area contributed by atoms with Crippen LogP contribution in [0.15, 0.2) is 60.7 Å². The van der Waals surface area contributed by atoms with Gasteiger partial charge in [0.15, 0.2) is 5.78 Å². The first-order valence-electron chi connectivity index (χ1n) is 10.3. The molecule has 31 heavy (non-hydrogen) atoms. The van der Waals surface area contributed by atoms with Gasteiger partial charge in [-0.05, 0) is 44.2 Å². The smallest absolute Gasteiger partial charge is 0.255 e. The summed E-state index contributed by atoms with van der Waals surface area (Å²) in [6.45, 7) is 5.30. The van der Waals surface area contributed by atoms with Crippen LogP contribution in [-0.2, 0) is 0 Å². The Morgan fingerprint density at radius 2 is 1.65 bits per heavy atom. The van der Waals surface area contributed by atoms with Gasteiger partial charge in [0.1, 0.15) is 5.82 Å². The molecule has 0 radical (unpaired) electrons. The number of carbonyl (C=O) groups excluding carboxylic acids is 2. The molecule has 1 fully saturated rings. The van der Waals surface area contributed by atoms with Gasteiger partial charge < -0.3 is 9.80 Å². The summed E-state index contributed by atoms with van der Waals surface area (Å²) in [5, 5.41) is 0. The summed E-state index contributed by atoms with van der Waals surface area (Å²) >= 11 is 0. The maximum absolute atomic E-state index is 14.5. The first-order chi connectivity index (χ1) is 14.9. The highest BCUT2D eigenvalue weighted by Crippen LogP contribution is 2.24. The van der Waals surface area contributed by atoms with Crippen molar-refractivity contribution in [3.8, 4) is 11.3 Å². The molecule has 0 unspecified atom stereocenters. The molecule has 0 N–H and O–H groups in total. The second-order valence-corrected chi connectivity index (χ2v) is 7.70.